The van der Waals surface area contributed by atoms with Crippen molar-refractivity contribution >= 4 is 5.65 Å². The summed E-state index contributed by atoms with van der Waals surface area (Å²) in [5.74, 6) is -0.210. The van der Waals surface area contributed by atoms with E-state index < -0.39 is 0 Å². The van der Waals surface area contributed by atoms with Gasteiger partial charge in [0.15, 0.2) is 0 Å². The summed E-state index contributed by atoms with van der Waals surface area (Å²) in [7, 11) is 0. The molecule has 0 fully saturated rings. The molecule has 3 rings (SSSR count). The molecular weight excluding hydrogens is 258 g/mol. The van der Waals surface area contributed by atoms with E-state index in [1.807, 2.05) is 35.7 Å². The zero-order valence-corrected chi connectivity index (χ0v) is 12.5. The third-order valence-electron chi connectivity index (χ3n) is 3.81. The topological polar surface area (TPSA) is 41.1 Å². The van der Waals surface area contributed by atoms with Crippen LogP contribution in [0.15, 0.2) is 42.6 Å². The molecule has 3 nitrogen and oxygen atoms in total. The lowest BCUT2D eigenvalue weighted by Gasteiger charge is -2.09. The summed E-state index contributed by atoms with van der Waals surface area (Å²) < 4.78 is 2.02. The molecule has 0 aliphatic rings. The molecule has 104 valence electrons. The molecule has 3 aromatic rings. The number of aromatic nitrogens is 2. The van der Waals surface area contributed by atoms with E-state index in [0.717, 1.165) is 22.6 Å². The molecule has 0 spiro atoms. The van der Waals surface area contributed by atoms with Crippen LogP contribution in [0.25, 0.3) is 16.9 Å². The van der Waals surface area contributed by atoms with Gasteiger partial charge in [-0.3, -0.25) is 0 Å². The number of imidazole rings is 1. The first-order valence-corrected chi connectivity index (χ1v) is 7.06. The Morgan fingerprint density at radius 3 is 2.71 bits per heavy atom. The Kier molecular flexibility index (Phi) is 3.23. The molecule has 3 heteroatoms. The lowest BCUT2D eigenvalue weighted by molar-refractivity contribution is 0.900. The number of rotatable bonds is 2. The van der Waals surface area contributed by atoms with Crippen LogP contribution in [-0.2, 0) is 0 Å². The Morgan fingerprint density at radius 1 is 1.19 bits per heavy atom. The van der Waals surface area contributed by atoms with E-state index in [1.165, 1.54) is 11.1 Å². The third-order valence-corrected chi connectivity index (χ3v) is 3.81. The highest BCUT2D eigenvalue weighted by molar-refractivity contribution is 5.71. The molecule has 0 amide bonds. The van der Waals surface area contributed by atoms with Crippen LogP contribution in [0.3, 0.4) is 0 Å². The fraction of sp³-hybridized carbons (Fsp3) is 0.222. The van der Waals surface area contributed by atoms with Gasteiger partial charge >= 0.3 is 0 Å². The molecule has 2 heterocycles. The predicted octanol–water partition coefficient (Wildman–Crippen LogP) is 4.25. The number of pyridine rings is 1. The smallest absolute Gasteiger partial charge is 0.137 e. The second-order valence-electron chi connectivity index (χ2n) is 5.44. The average molecular weight is 275 g/mol. The van der Waals surface area contributed by atoms with E-state index >= 15 is 0 Å². The molecule has 0 N–H and O–H groups in total. The van der Waals surface area contributed by atoms with Crippen molar-refractivity contribution in [2.24, 2.45) is 0 Å². The SMILES string of the molecule is Cc1ccc(-c2nc3ccccn3c2C(C)C#N)c(C)c1. The summed E-state index contributed by atoms with van der Waals surface area (Å²) >= 11 is 0. The fourth-order valence-corrected chi connectivity index (χ4v) is 2.77. The van der Waals surface area contributed by atoms with Gasteiger partial charge in [-0.25, -0.2) is 4.98 Å². The van der Waals surface area contributed by atoms with Crippen LogP contribution < -0.4 is 0 Å². The van der Waals surface area contributed by atoms with E-state index in [-0.39, 0.29) is 5.92 Å². The van der Waals surface area contributed by atoms with Crippen LogP contribution in [0.1, 0.15) is 29.7 Å². The largest absolute Gasteiger partial charge is 0.302 e. The van der Waals surface area contributed by atoms with Crippen molar-refractivity contribution in [1.82, 2.24) is 9.38 Å². The minimum Gasteiger partial charge on any atom is -0.302 e. The van der Waals surface area contributed by atoms with Crippen molar-refractivity contribution in [3.63, 3.8) is 0 Å². The number of hydrogen-bond donors (Lipinski definition) is 0. The Balaban J connectivity index is 2.34. The average Bonchev–Trinajstić information content (AvgIpc) is 2.85. The van der Waals surface area contributed by atoms with Crippen LogP contribution >= 0.6 is 0 Å². The summed E-state index contributed by atoms with van der Waals surface area (Å²) in [5, 5.41) is 9.36. The number of aryl methyl sites for hydroxylation is 2. The fourth-order valence-electron chi connectivity index (χ4n) is 2.77. The van der Waals surface area contributed by atoms with Crippen LogP contribution in [0.5, 0.6) is 0 Å². The normalized spacial score (nSPS) is 12.3. The lowest BCUT2D eigenvalue weighted by Crippen LogP contribution is -1.99. The molecule has 0 radical (unpaired) electrons. The van der Waals surface area contributed by atoms with Crippen LogP contribution in [0, 0.1) is 25.2 Å². The summed E-state index contributed by atoms with van der Waals surface area (Å²) in [4.78, 5) is 4.75. The zero-order valence-electron chi connectivity index (χ0n) is 12.5. The van der Waals surface area contributed by atoms with Gasteiger partial charge in [-0.05, 0) is 38.5 Å². The van der Waals surface area contributed by atoms with Gasteiger partial charge in [-0.1, -0.05) is 29.8 Å². The van der Waals surface area contributed by atoms with E-state index in [4.69, 9.17) is 4.98 Å². The maximum absolute atomic E-state index is 9.36. The van der Waals surface area contributed by atoms with Gasteiger partial charge in [-0.2, -0.15) is 5.26 Å². The van der Waals surface area contributed by atoms with Gasteiger partial charge in [0.1, 0.15) is 5.65 Å². The van der Waals surface area contributed by atoms with Gasteiger partial charge < -0.3 is 4.40 Å². The number of hydrogen-bond acceptors (Lipinski definition) is 2. The number of benzene rings is 1. The highest BCUT2D eigenvalue weighted by Crippen LogP contribution is 2.32. The van der Waals surface area contributed by atoms with Gasteiger partial charge in [0.05, 0.1) is 23.4 Å². The summed E-state index contributed by atoms with van der Waals surface area (Å²) in [6.45, 7) is 6.09. The molecule has 0 aliphatic heterocycles. The van der Waals surface area contributed by atoms with Crippen molar-refractivity contribution in [3.05, 3.63) is 59.4 Å². The monoisotopic (exact) mass is 275 g/mol. The molecule has 0 bridgehead atoms. The van der Waals surface area contributed by atoms with Crippen molar-refractivity contribution in [2.75, 3.05) is 0 Å². The molecule has 2 aromatic heterocycles. The van der Waals surface area contributed by atoms with Crippen molar-refractivity contribution < 1.29 is 0 Å². The van der Waals surface area contributed by atoms with Crippen molar-refractivity contribution in [1.29, 1.82) is 5.26 Å². The van der Waals surface area contributed by atoms with E-state index in [2.05, 4.69) is 38.1 Å². The van der Waals surface area contributed by atoms with Gasteiger partial charge in [-0.15, -0.1) is 0 Å². The van der Waals surface area contributed by atoms with Crippen molar-refractivity contribution in [2.45, 2.75) is 26.7 Å². The minimum absolute atomic E-state index is 0.210. The predicted molar refractivity (Wildman–Crippen MR) is 84.1 cm³/mol. The number of nitrogens with zero attached hydrogens (tertiary/aromatic N) is 3. The second-order valence-corrected chi connectivity index (χ2v) is 5.44. The minimum atomic E-state index is -0.210. The molecule has 0 saturated heterocycles. The van der Waals surface area contributed by atoms with Crippen molar-refractivity contribution in [3.8, 4) is 17.3 Å². The lowest BCUT2D eigenvalue weighted by atomic mass is 9.98. The molecule has 0 saturated carbocycles. The maximum Gasteiger partial charge on any atom is 0.137 e. The molecule has 1 unspecified atom stereocenters. The van der Waals surface area contributed by atoms with E-state index in [1.54, 1.807) is 0 Å². The Morgan fingerprint density at radius 2 is 2.00 bits per heavy atom. The first-order chi connectivity index (χ1) is 10.1. The zero-order chi connectivity index (χ0) is 15.0. The number of fused-ring (bicyclic) bond motifs is 1. The molecule has 1 aromatic carbocycles. The van der Waals surface area contributed by atoms with Crippen LogP contribution in [0.2, 0.25) is 0 Å². The second kappa shape index (κ2) is 5.06. The van der Waals surface area contributed by atoms with Gasteiger partial charge in [0, 0.05) is 11.8 Å². The Bertz CT molecular complexity index is 853. The highest BCUT2D eigenvalue weighted by Gasteiger charge is 2.20. The molecular formula is C18H17N3. The van der Waals surface area contributed by atoms with Gasteiger partial charge in [0.2, 0.25) is 0 Å². The Hall–Kier alpha value is -2.60. The standard InChI is InChI=1S/C18H17N3/c1-12-7-8-15(13(2)10-12)17-18(14(3)11-19)21-9-5-4-6-16(21)20-17/h4-10,14H,1-3H3. The maximum atomic E-state index is 9.36. The summed E-state index contributed by atoms with van der Waals surface area (Å²) in [6.07, 6.45) is 1.97. The molecule has 1 atom stereocenters. The van der Waals surface area contributed by atoms with Crippen LogP contribution in [0.4, 0.5) is 0 Å². The quantitative estimate of drug-likeness (QED) is 0.701. The highest BCUT2D eigenvalue weighted by atomic mass is 15.0. The molecule has 0 aliphatic carbocycles. The van der Waals surface area contributed by atoms with Crippen LogP contribution in [-0.4, -0.2) is 9.38 Å². The van der Waals surface area contributed by atoms with E-state index in [0.29, 0.717) is 0 Å². The Labute approximate surface area is 124 Å². The first kappa shape index (κ1) is 13.4. The summed E-state index contributed by atoms with van der Waals surface area (Å²) in [6, 6.07) is 14.6. The summed E-state index contributed by atoms with van der Waals surface area (Å²) in [5.41, 5.74) is 6.26. The first-order valence-electron chi connectivity index (χ1n) is 7.06. The number of nitriles is 1. The molecule has 21 heavy (non-hydrogen) atoms. The third kappa shape index (κ3) is 2.19. The van der Waals surface area contributed by atoms with Gasteiger partial charge in [0.25, 0.3) is 0 Å². The van der Waals surface area contributed by atoms with E-state index in [9.17, 15) is 5.26 Å².